The number of nitro groups is 1. The Balaban J connectivity index is 2.73. The van der Waals surface area contributed by atoms with Crippen molar-refractivity contribution < 1.29 is 24.7 Å². The number of hydrogen-bond donors (Lipinski definition) is 3. The number of carboxylic acids is 1. The summed E-state index contributed by atoms with van der Waals surface area (Å²) in [4.78, 5) is 31.3. The van der Waals surface area contributed by atoms with Gasteiger partial charge in [-0.1, -0.05) is 0 Å². The predicted molar refractivity (Wildman–Crippen MR) is 60.3 cm³/mol. The number of aliphatic carboxylic acids is 1. The number of phenols is 1. The average Bonchev–Trinajstić information content (AvgIpc) is 2.28. The van der Waals surface area contributed by atoms with Crippen molar-refractivity contribution in [2.75, 3.05) is 5.32 Å². The first-order chi connectivity index (χ1) is 8.40. The van der Waals surface area contributed by atoms with Crippen LogP contribution in [0.1, 0.15) is 12.8 Å². The van der Waals surface area contributed by atoms with Crippen molar-refractivity contribution >= 4 is 23.3 Å². The molecule has 0 aliphatic heterocycles. The minimum Gasteiger partial charge on any atom is -0.502 e. The van der Waals surface area contributed by atoms with Gasteiger partial charge in [0, 0.05) is 18.2 Å². The summed E-state index contributed by atoms with van der Waals surface area (Å²) in [5.74, 6) is -2.19. The molecule has 0 fully saturated rings. The number of anilines is 1. The van der Waals surface area contributed by atoms with Crippen LogP contribution in [-0.4, -0.2) is 27.0 Å². The number of aromatic hydroxyl groups is 1. The molecule has 18 heavy (non-hydrogen) atoms. The van der Waals surface area contributed by atoms with Gasteiger partial charge in [0.2, 0.25) is 5.91 Å². The van der Waals surface area contributed by atoms with Crippen LogP contribution in [0.15, 0.2) is 18.2 Å². The zero-order chi connectivity index (χ0) is 13.7. The van der Waals surface area contributed by atoms with Crippen LogP contribution in [0.25, 0.3) is 0 Å². The lowest BCUT2D eigenvalue weighted by molar-refractivity contribution is -0.385. The van der Waals surface area contributed by atoms with Gasteiger partial charge in [0.25, 0.3) is 0 Å². The normalized spacial score (nSPS) is 9.78. The molecule has 0 unspecified atom stereocenters. The molecule has 96 valence electrons. The SMILES string of the molecule is O=C(O)CCC(=O)Nc1ccc(O)c([N+](=O)[O-])c1. The van der Waals surface area contributed by atoms with E-state index in [1.165, 1.54) is 6.07 Å². The van der Waals surface area contributed by atoms with Crippen LogP contribution in [0.5, 0.6) is 5.75 Å². The van der Waals surface area contributed by atoms with Crippen molar-refractivity contribution in [1.29, 1.82) is 0 Å². The molecule has 0 atom stereocenters. The summed E-state index contributed by atoms with van der Waals surface area (Å²) in [6.07, 6.45) is -0.560. The number of carbonyl (C=O) groups excluding carboxylic acids is 1. The van der Waals surface area contributed by atoms with E-state index in [1.807, 2.05) is 0 Å². The fourth-order valence-electron chi connectivity index (χ4n) is 1.19. The minimum atomic E-state index is -1.11. The van der Waals surface area contributed by atoms with Crippen molar-refractivity contribution in [3.63, 3.8) is 0 Å². The van der Waals surface area contributed by atoms with Gasteiger partial charge < -0.3 is 15.5 Å². The summed E-state index contributed by atoms with van der Waals surface area (Å²) in [6, 6.07) is 3.35. The molecule has 0 spiro atoms. The van der Waals surface area contributed by atoms with Crippen molar-refractivity contribution in [2.24, 2.45) is 0 Å². The van der Waals surface area contributed by atoms with Crippen LogP contribution in [0.3, 0.4) is 0 Å². The maximum absolute atomic E-state index is 11.3. The van der Waals surface area contributed by atoms with E-state index in [0.717, 1.165) is 12.1 Å². The van der Waals surface area contributed by atoms with Gasteiger partial charge in [0.05, 0.1) is 11.3 Å². The molecule has 8 heteroatoms. The van der Waals surface area contributed by atoms with Gasteiger partial charge in [-0.25, -0.2) is 0 Å². The average molecular weight is 254 g/mol. The second kappa shape index (κ2) is 5.62. The standard InChI is InChI=1S/C10H10N2O6/c13-8-2-1-6(5-7(8)12(17)18)11-9(14)3-4-10(15)16/h1-2,5,13H,3-4H2,(H,11,14)(H,15,16). The van der Waals surface area contributed by atoms with Crippen LogP contribution in [-0.2, 0) is 9.59 Å². The van der Waals surface area contributed by atoms with Crippen LogP contribution in [0.2, 0.25) is 0 Å². The number of carboxylic acid groups (broad SMARTS) is 1. The molecule has 0 aliphatic rings. The number of nitrogens with zero attached hydrogens (tertiary/aromatic N) is 1. The second-order valence-electron chi connectivity index (χ2n) is 3.40. The van der Waals surface area contributed by atoms with Crippen LogP contribution in [0, 0.1) is 10.1 Å². The number of benzene rings is 1. The third kappa shape index (κ3) is 3.74. The number of hydrogen-bond acceptors (Lipinski definition) is 5. The number of carbonyl (C=O) groups is 2. The van der Waals surface area contributed by atoms with Gasteiger partial charge in [-0.05, 0) is 12.1 Å². The molecule has 8 nitrogen and oxygen atoms in total. The lowest BCUT2D eigenvalue weighted by Crippen LogP contribution is -2.13. The van der Waals surface area contributed by atoms with E-state index >= 15 is 0 Å². The Morgan fingerprint density at radius 2 is 2.00 bits per heavy atom. The van der Waals surface area contributed by atoms with Crippen LogP contribution < -0.4 is 5.32 Å². The molecule has 0 heterocycles. The number of nitrogens with one attached hydrogen (secondary N) is 1. The molecule has 0 aromatic heterocycles. The highest BCUT2D eigenvalue weighted by atomic mass is 16.6. The zero-order valence-electron chi connectivity index (χ0n) is 9.12. The van der Waals surface area contributed by atoms with Crippen LogP contribution in [0.4, 0.5) is 11.4 Å². The van der Waals surface area contributed by atoms with Crippen molar-refractivity contribution in [1.82, 2.24) is 0 Å². The van der Waals surface area contributed by atoms with E-state index in [1.54, 1.807) is 0 Å². The molecule has 0 radical (unpaired) electrons. The van der Waals surface area contributed by atoms with E-state index in [0.29, 0.717) is 0 Å². The quantitative estimate of drug-likeness (QED) is 0.410. The van der Waals surface area contributed by atoms with E-state index in [9.17, 15) is 24.8 Å². The fourth-order valence-corrected chi connectivity index (χ4v) is 1.19. The maximum atomic E-state index is 11.3. The van der Waals surface area contributed by atoms with E-state index < -0.39 is 28.2 Å². The zero-order valence-corrected chi connectivity index (χ0v) is 9.12. The molecular formula is C10H10N2O6. The summed E-state index contributed by atoms with van der Waals surface area (Å²) >= 11 is 0. The highest BCUT2D eigenvalue weighted by molar-refractivity contribution is 5.92. The first-order valence-electron chi connectivity index (χ1n) is 4.89. The number of phenolic OH excluding ortho intramolecular Hbond substituents is 1. The molecule has 1 amide bonds. The van der Waals surface area contributed by atoms with Gasteiger partial charge in [0.1, 0.15) is 0 Å². The summed E-state index contributed by atoms with van der Waals surface area (Å²) < 4.78 is 0. The Kier molecular flexibility index (Phi) is 4.19. The van der Waals surface area contributed by atoms with Gasteiger partial charge in [0.15, 0.2) is 5.75 Å². The molecule has 1 aromatic carbocycles. The number of rotatable bonds is 5. The van der Waals surface area contributed by atoms with Gasteiger partial charge in [-0.15, -0.1) is 0 Å². The van der Waals surface area contributed by atoms with E-state index in [2.05, 4.69) is 5.32 Å². The first-order valence-corrected chi connectivity index (χ1v) is 4.89. The van der Waals surface area contributed by atoms with E-state index in [-0.39, 0.29) is 18.5 Å². The monoisotopic (exact) mass is 254 g/mol. The summed E-state index contributed by atoms with van der Waals surface area (Å²) in [7, 11) is 0. The Bertz CT molecular complexity index is 499. The topological polar surface area (TPSA) is 130 Å². The second-order valence-corrected chi connectivity index (χ2v) is 3.40. The number of nitro benzene ring substituents is 1. The third-order valence-electron chi connectivity index (χ3n) is 2.02. The molecule has 1 aromatic rings. The molecule has 1 rings (SSSR count). The van der Waals surface area contributed by atoms with Crippen molar-refractivity contribution in [3.8, 4) is 5.75 Å². The van der Waals surface area contributed by atoms with Crippen LogP contribution >= 0.6 is 0 Å². The predicted octanol–water partition coefficient (Wildman–Crippen LogP) is 1.10. The van der Waals surface area contributed by atoms with Gasteiger partial charge >= 0.3 is 11.7 Å². The van der Waals surface area contributed by atoms with E-state index in [4.69, 9.17) is 5.11 Å². The molecule has 0 bridgehead atoms. The highest BCUT2D eigenvalue weighted by Crippen LogP contribution is 2.28. The number of amides is 1. The van der Waals surface area contributed by atoms with Gasteiger partial charge in [-0.3, -0.25) is 19.7 Å². The first kappa shape index (κ1) is 13.4. The summed E-state index contributed by atoms with van der Waals surface area (Å²) in [6.45, 7) is 0. The Morgan fingerprint density at radius 3 is 2.56 bits per heavy atom. The van der Waals surface area contributed by atoms with Gasteiger partial charge in [-0.2, -0.15) is 0 Å². The third-order valence-corrected chi connectivity index (χ3v) is 2.02. The molecule has 0 aliphatic carbocycles. The Labute approximate surface area is 101 Å². The Hall–Kier alpha value is -2.64. The lowest BCUT2D eigenvalue weighted by atomic mass is 10.2. The maximum Gasteiger partial charge on any atom is 0.312 e. The molecular weight excluding hydrogens is 244 g/mol. The molecule has 3 N–H and O–H groups in total. The largest absolute Gasteiger partial charge is 0.502 e. The summed E-state index contributed by atoms with van der Waals surface area (Å²) in [5, 5.41) is 30.4. The molecule has 0 saturated heterocycles. The van der Waals surface area contributed by atoms with Crippen molar-refractivity contribution in [2.45, 2.75) is 12.8 Å². The van der Waals surface area contributed by atoms with Crippen molar-refractivity contribution in [3.05, 3.63) is 28.3 Å². The molecule has 0 saturated carbocycles. The Morgan fingerprint density at radius 1 is 1.33 bits per heavy atom. The minimum absolute atomic E-state index is 0.120. The fraction of sp³-hybridized carbons (Fsp3) is 0.200. The summed E-state index contributed by atoms with van der Waals surface area (Å²) in [5.41, 5.74) is -0.416. The highest BCUT2D eigenvalue weighted by Gasteiger charge is 2.14. The lowest BCUT2D eigenvalue weighted by Gasteiger charge is -2.04. The smallest absolute Gasteiger partial charge is 0.312 e.